The van der Waals surface area contributed by atoms with Gasteiger partial charge in [-0.2, -0.15) is 10.4 Å². The summed E-state index contributed by atoms with van der Waals surface area (Å²) in [4.78, 5) is 6.42. The molecule has 5 rings (SSSR count). The van der Waals surface area contributed by atoms with Gasteiger partial charge in [0.1, 0.15) is 24.0 Å². The third-order valence-electron chi connectivity index (χ3n) is 6.24. The molecule has 1 aliphatic rings. The maximum absolute atomic E-state index is 10.3. The largest absolute Gasteiger partial charge is 0.506 e. The van der Waals surface area contributed by atoms with Crippen molar-refractivity contribution >= 4 is 5.69 Å². The normalized spacial score (nSPS) is 14.4. The third kappa shape index (κ3) is 3.80. The van der Waals surface area contributed by atoms with Crippen molar-refractivity contribution in [1.29, 1.82) is 5.26 Å². The van der Waals surface area contributed by atoms with Crippen LogP contribution in [0.1, 0.15) is 30.1 Å². The zero-order valence-electron chi connectivity index (χ0n) is 18.5. The van der Waals surface area contributed by atoms with Crippen LogP contribution in [0.15, 0.2) is 49.2 Å². The lowest BCUT2D eigenvalue weighted by Gasteiger charge is -2.35. The number of aromatic hydroxyl groups is 1. The van der Waals surface area contributed by atoms with Crippen molar-refractivity contribution < 1.29 is 5.11 Å². The molecular weight excluding hydrogens is 416 g/mol. The van der Waals surface area contributed by atoms with Crippen LogP contribution in [0.5, 0.6) is 5.75 Å². The molecule has 1 fully saturated rings. The van der Waals surface area contributed by atoms with Gasteiger partial charge in [-0.25, -0.2) is 0 Å². The van der Waals surface area contributed by atoms with Gasteiger partial charge in [0.25, 0.3) is 0 Å². The molecule has 1 saturated heterocycles. The first-order chi connectivity index (χ1) is 16.0. The number of nitrogens with zero attached hydrogens (tertiary/aromatic N) is 8. The van der Waals surface area contributed by atoms with Gasteiger partial charge in [-0.1, -0.05) is 12.1 Å². The number of nitriles is 1. The first kappa shape index (κ1) is 20.7. The van der Waals surface area contributed by atoms with Crippen molar-refractivity contribution in [1.82, 2.24) is 29.5 Å². The Bertz CT molecular complexity index is 1340. The summed E-state index contributed by atoms with van der Waals surface area (Å²) in [5.41, 5.74) is 4.61. The number of pyridine rings is 1. The molecule has 0 spiro atoms. The maximum atomic E-state index is 10.3. The van der Waals surface area contributed by atoms with Crippen LogP contribution in [-0.2, 0) is 14.1 Å². The Morgan fingerprint density at radius 1 is 1.09 bits per heavy atom. The summed E-state index contributed by atoms with van der Waals surface area (Å²) in [5, 5.41) is 33.1. The Kier molecular flexibility index (Phi) is 5.26. The van der Waals surface area contributed by atoms with Crippen LogP contribution in [-0.4, -0.2) is 47.7 Å². The summed E-state index contributed by atoms with van der Waals surface area (Å²) in [5.74, 6) is 1.41. The number of hydrogen-bond acceptors (Lipinski definition) is 7. The van der Waals surface area contributed by atoms with E-state index in [1.807, 2.05) is 43.1 Å². The zero-order valence-corrected chi connectivity index (χ0v) is 18.5. The van der Waals surface area contributed by atoms with E-state index in [0.29, 0.717) is 11.5 Å². The average molecular weight is 441 g/mol. The first-order valence-electron chi connectivity index (χ1n) is 10.9. The van der Waals surface area contributed by atoms with Crippen LogP contribution in [0.3, 0.4) is 0 Å². The molecule has 1 aromatic carbocycles. The SMILES string of the molecule is Cn1ccc(-c2ccc(-c3cncc(O)c3)c(N3CCC(c4nncn4C)CC3)c2C#N)n1. The minimum absolute atomic E-state index is 0.0896. The Balaban J connectivity index is 1.59. The van der Waals surface area contributed by atoms with Crippen LogP contribution in [0.25, 0.3) is 22.4 Å². The fourth-order valence-electron chi connectivity index (χ4n) is 4.64. The molecule has 0 amide bonds. The van der Waals surface area contributed by atoms with Crippen LogP contribution in [0.4, 0.5) is 5.69 Å². The Hall–Kier alpha value is -4.19. The number of hydrogen-bond donors (Lipinski definition) is 1. The number of aryl methyl sites for hydroxylation is 2. The van der Waals surface area contributed by atoms with Crippen molar-refractivity contribution in [3.63, 3.8) is 0 Å². The van der Waals surface area contributed by atoms with Gasteiger partial charge in [-0.15, -0.1) is 10.2 Å². The van der Waals surface area contributed by atoms with Crippen LogP contribution in [0.2, 0.25) is 0 Å². The highest BCUT2D eigenvalue weighted by atomic mass is 16.3. The highest BCUT2D eigenvalue weighted by Crippen LogP contribution is 2.41. The van der Waals surface area contributed by atoms with Gasteiger partial charge in [-0.3, -0.25) is 9.67 Å². The van der Waals surface area contributed by atoms with Gasteiger partial charge >= 0.3 is 0 Å². The fourth-order valence-corrected chi connectivity index (χ4v) is 4.64. The van der Waals surface area contributed by atoms with E-state index in [1.165, 1.54) is 6.20 Å². The van der Waals surface area contributed by atoms with Crippen molar-refractivity contribution in [2.75, 3.05) is 18.0 Å². The number of benzene rings is 1. The summed E-state index contributed by atoms with van der Waals surface area (Å²) >= 11 is 0. The van der Waals surface area contributed by atoms with Crippen molar-refractivity contribution in [2.45, 2.75) is 18.8 Å². The van der Waals surface area contributed by atoms with Crippen LogP contribution < -0.4 is 4.90 Å². The number of aromatic nitrogens is 6. The van der Waals surface area contributed by atoms with E-state index in [0.717, 1.165) is 59.8 Å². The van der Waals surface area contributed by atoms with Gasteiger partial charge < -0.3 is 14.6 Å². The van der Waals surface area contributed by atoms with E-state index >= 15 is 0 Å². The van der Waals surface area contributed by atoms with Gasteiger partial charge in [0.2, 0.25) is 0 Å². The zero-order chi connectivity index (χ0) is 22.9. The topological polar surface area (TPSA) is 109 Å². The van der Waals surface area contributed by atoms with E-state index in [9.17, 15) is 10.4 Å². The molecule has 0 atom stereocenters. The summed E-state index contributed by atoms with van der Waals surface area (Å²) < 4.78 is 3.71. The molecule has 4 heterocycles. The molecule has 1 N–H and O–H groups in total. The summed E-state index contributed by atoms with van der Waals surface area (Å²) in [6.07, 6.45) is 8.54. The third-order valence-corrected chi connectivity index (χ3v) is 6.24. The van der Waals surface area contributed by atoms with Crippen molar-refractivity contribution in [3.8, 4) is 34.2 Å². The lowest BCUT2D eigenvalue weighted by atomic mass is 9.91. The highest BCUT2D eigenvalue weighted by molar-refractivity contribution is 5.89. The number of rotatable bonds is 4. The van der Waals surface area contributed by atoms with Gasteiger partial charge in [0.15, 0.2) is 0 Å². The minimum atomic E-state index is 0.0896. The van der Waals surface area contributed by atoms with Gasteiger partial charge in [0.05, 0.1) is 23.1 Å². The second-order valence-corrected chi connectivity index (χ2v) is 8.36. The lowest BCUT2D eigenvalue weighted by Crippen LogP contribution is -2.34. The molecule has 3 aromatic heterocycles. The Morgan fingerprint density at radius 3 is 2.52 bits per heavy atom. The van der Waals surface area contributed by atoms with E-state index in [4.69, 9.17) is 0 Å². The molecule has 0 radical (unpaired) electrons. The Labute approximate surface area is 191 Å². The van der Waals surface area contributed by atoms with E-state index in [2.05, 4.69) is 31.2 Å². The molecular formula is C24H24N8O. The van der Waals surface area contributed by atoms with E-state index in [-0.39, 0.29) is 5.75 Å². The Morgan fingerprint density at radius 2 is 1.88 bits per heavy atom. The van der Waals surface area contributed by atoms with E-state index in [1.54, 1.807) is 23.3 Å². The molecule has 9 nitrogen and oxygen atoms in total. The maximum Gasteiger partial charge on any atom is 0.135 e. The molecule has 166 valence electrons. The molecule has 0 unspecified atom stereocenters. The van der Waals surface area contributed by atoms with Crippen LogP contribution >= 0.6 is 0 Å². The van der Waals surface area contributed by atoms with Gasteiger partial charge in [-0.05, 0) is 25.0 Å². The first-order valence-corrected chi connectivity index (χ1v) is 10.9. The predicted molar refractivity (Wildman–Crippen MR) is 123 cm³/mol. The summed E-state index contributed by atoms with van der Waals surface area (Å²) in [7, 11) is 3.83. The number of anilines is 1. The highest BCUT2D eigenvalue weighted by Gasteiger charge is 2.28. The molecule has 4 aromatic rings. The molecule has 33 heavy (non-hydrogen) atoms. The molecule has 0 saturated carbocycles. The fraction of sp³-hybridized carbons (Fsp3) is 0.292. The smallest absolute Gasteiger partial charge is 0.135 e. The molecule has 0 bridgehead atoms. The summed E-state index contributed by atoms with van der Waals surface area (Å²) in [6.45, 7) is 1.55. The standard InChI is InChI=1S/C24H24N8O/c1-30-15-27-28-24(30)16-5-9-32(10-6-16)23-19(17-11-18(33)14-26-13-17)3-4-20(21(23)12-25)22-7-8-31(2)29-22/h3-4,7-8,11,13-16,33H,5-6,9-10H2,1-2H3. The number of piperidine rings is 1. The summed E-state index contributed by atoms with van der Waals surface area (Å²) in [6, 6.07) is 9.95. The van der Waals surface area contributed by atoms with E-state index < -0.39 is 0 Å². The second-order valence-electron chi connectivity index (χ2n) is 8.36. The quantitative estimate of drug-likeness (QED) is 0.519. The van der Waals surface area contributed by atoms with Gasteiger partial charge in [0, 0.05) is 62.2 Å². The van der Waals surface area contributed by atoms with Crippen molar-refractivity contribution in [3.05, 3.63) is 60.6 Å². The second kappa shape index (κ2) is 8.39. The minimum Gasteiger partial charge on any atom is -0.506 e. The predicted octanol–water partition coefficient (Wildman–Crippen LogP) is 3.24. The molecule has 9 heteroatoms. The molecule has 1 aliphatic heterocycles. The average Bonchev–Trinajstić information content (AvgIpc) is 3.46. The van der Waals surface area contributed by atoms with Crippen molar-refractivity contribution in [2.24, 2.45) is 14.1 Å². The molecule has 0 aliphatic carbocycles. The van der Waals surface area contributed by atoms with Crippen LogP contribution in [0, 0.1) is 11.3 Å². The lowest BCUT2D eigenvalue weighted by molar-refractivity contribution is 0.472. The monoisotopic (exact) mass is 440 g/mol.